The number of benzene rings is 1. The van der Waals surface area contributed by atoms with Gasteiger partial charge in [-0.15, -0.1) is 0 Å². The van der Waals surface area contributed by atoms with Crippen molar-refractivity contribution in [2.24, 2.45) is 5.73 Å². The predicted molar refractivity (Wildman–Crippen MR) is 68.4 cm³/mol. The van der Waals surface area contributed by atoms with Gasteiger partial charge in [0, 0.05) is 0 Å². The number of anilines is 1. The van der Waals surface area contributed by atoms with Crippen LogP contribution in [-0.4, -0.2) is 10.9 Å². The van der Waals surface area contributed by atoms with Crippen LogP contribution in [0.4, 0.5) is 10.1 Å². The van der Waals surface area contributed by atoms with Gasteiger partial charge in [0.2, 0.25) is 5.88 Å². The molecule has 1 amide bonds. The highest BCUT2D eigenvalue weighted by Gasteiger charge is 2.14. The lowest BCUT2D eigenvalue weighted by Crippen LogP contribution is -2.13. The normalized spacial score (nSPS) is 9.80. The molecule has 7 heteroatoms. The van der Waals surface area contributed by atoms with Gasteiger partial charge in [-0.2, -0.15) is 5.26 Å². The van der Waals surface area contributed by atoms with Crippen molar-refractivity contribution in [1.82, 2.24) is 4.98 Å². The predicted octanol–water partition coefficient (Wildman–Crippen LogP) is 1.57. The summed E-state index contributed by atoms with van der Waals surface area (Å²) in [6.45, 7) is 0. The Labute approximate surface area is 113 Å². The first-order valence-corrected chi connectivity index (χ1v) is 5.44. The molecule has 1 heterocycles. The van der Waals surface area contributed by atoms with E-state index in [0.29, 0.717) is 0 Å². The number of hydrogen-bond acceptors (Lipinski definition) is 5. The molecule has 0 bridgehead atoms. The summed E-state index contributed by atoms with van der Waals surface area (Å²) in [5, 5.41) is 8.65. The summed E-state index contributed by atoms with van der Waals surface area (Å²) in [4.78, 5) is 15.1. The highest BCUT2D eigenvalue weighted by atomic mass is 19.1. The molecule has 2 rings (SSSR count). The fourth-order valence-electron chi connectivity index (χ4n) is 1.48. The van der Waals surface area contributed by atoms with E-state index in [1.807, 2.05) is 0 Å². The molecular formula is C13H9FN4O2. The number of nitrogens with two attached hydrogens (primary N) is 2. The third kappa shape index (κ3) is 2.64. The number of halogens is 1. The standard InChI is InChI=1S/C13H9FN4O2/c14-10-3-7(5-15)1-2-11(10)20-13-9(12(17)19)4-8(16)6-18-13/h1-4,6H,16H2,(H2,17,19). The smallest absolute Gasteiger partial charge is 0.254 e. The summed E-state index contributed by atoms with van der Waals surface area (Å²) < 4.78 is 18.9. The van der Waals surface area contributed by atoms with Gasteiger partial charge in [-0.1, -0.05) is 0 Å². The van der Waals surface area contributed by atoms with Crippen LogP contribution in [0.2, 0.25) is 0 Å². The van der Waals surface area contributed by atoms with Crippen molar-refractivity contribution < 1.29 is 13.9 Å². The van der Waals surface area contributed by atoms with Crippen molar-refractivity contribution in [1.29, 1.82) is 5.26 Å². The molecule has 1 aromatic heterocycles. The number of rotatable bonds is 3. The monoisotopic (exact) mass is 272 g/mol. The third-order valence-electron chi connectivity index (χ3n) is 2.41. The number of aromatic nitrogens is 1. The van der Waals surface area contributed by atoms with E-state index in [9.17, 15) is 9.18 Å². The van der Waals surface area contributed by atoms with Crippen molar-refractivity contribution in [2.75, 3.05) is 5.73 Å². The molecule has 1 aromatic carbocycles. The van der Waals surface area contributed by atoms with Gasteiger partial charge in [0.15, 0.2) is 11.6 Å². The van der Waals surface area contributed by atoms with E-state index in [4.69, 9.17) is 21.5 Å². The molecule has 0 atom stereocenters. The van der Waals surface area contributed by atoms with Crippen LogP contribution in [0.15, 0.2) is 30.5 Å². The number of amides is 1. The molecule has 0 aliphatic rings. The zero-order valence-corrected chi connectivity index (χ0v) is 10.1. The van der Waals surface area contributed by atoms with Gasteiger partial charge >= 0.3 is 0 Å². The van der Waals surface area contributed by atoms with Gasteiger partial charge < -0.3 is 16.2 Å². The van der Waals surface area contributed by atoms with E-state index < -0.39 is 11.7 Å². The van der Waals surface area contributed by atoms with Gasteiger partial charge in [0.25, 0.3) is 5.91 Å². The SMILES string of the molecule is N#Cc1ccc(Oc2ncc(N)cc2C(N)=O)c(F)c1. The molecule has 0 spiro atoms. The molecule has 0 unspecified atom stereocenters. The zero-order valence-electron chi connectivity index (χ0n) is 10.1. The van der Waals surface area contributed by atoms with E-state index in [0.717, 1.165) is 6.07 Å². The van der Waals surface area contributed by atoms with Crippen LogP contribution >= 0.6 is 0 Å². The van der Waals surface area contributed by atoms with Crippen molar-refractivity contribution in [2.45, 2.75) is 0 Å². The molecule has 0 aliphatic carbocycles. The summed E-state index contributed by atoms with van der Waals surface area (Å²) in [6, 6.07) is 6.72. The van der Waals surface area contributed by atoms with Crippen LogP contribution in [0.1, 0.15) is 15.9 Å². The molecule has 0 fully saturated rings. The molecule has 4 N–H and O–H groups in total. The summed E-state index contributed by atoms with van der Waals surface area (Å²) in [6.07, 6.45) is 1.25. The molecular weight excluding hydrogens is 263 g/mol. The van der Waals surface area contributed by atoms with E-state index in [1.54, 1.807) is 6.07 Å². The average molecular weight is 272 g/mol. The van der Waals surface area contributed by atoms with E-state index in [1.165, 1.54) is 24.4 Å². The largest absolute Gasteiger partial charge is 0.435 e. The van der Waals surface area contributed by atoms with Gasteiger partial charge in [-0.3, -0.25) is 4.79 Å². The van der Waals surface area contributed by atoms with Crippen LogP contribution in [-0.2, 0) is 0 Å². The summed E-state index contributed by atoms with van der Waals surface area (Å²) >= 11 is 0. The van der Waals surface area contributed by atoms with Crippen LogP contribution in [0.25, 0.3) is 0 Å². The number of pyridine rings is 1. The van der Waals surface area contributed by atoms with Crippen molar-refractivity contribution in [3.8, 4) is 17.7 Å². The topological polar surface area (TPSA) is 115 Å². The van der Waals surface area contributed by atoms with Crippen LogP contribution < -0.4 is 16.2 Å². The Morgan fingerprint density at radius 3 is 2.75 bits per heavy atom. The number of primary amides is 1. The number of nitrogens with zero attached hydrogens (tertiary/aromatic N) is 2. The maximum absolute atomic E-state index is 13.7. The number of carbonyl (C=O) groups is 1. The third-order valence-corrected chi connectivity index (χ3v) is 2.41. The number of ether oxygens (including phenoxy) is 1. The molecule has 6 nitrogen and oxygen atoms in total. The molecule has 20 heavy (non-hydrogen) atoms. The van der Waals surface area contributed by atoms with Crippen LogP contribution in [0, 0.1) is 17.1 Å². The lowest BCUT2D eigenvalue weighted by molar-refractivity contribution is 0.0997. The lowest BCUT2D eigenvalue weighted by Gasteiger charge is -2.09. The summed E-state index contributed by atoms with van der Waals surface area (Å²) in [5.74, 6) is -1.88. The minimum absolute atomic E-state index is 0.0613. The number of carbonyl (C=O) groups excluding carboxylic acids is 1. The second-order valence-corrected chi connectivity index (χ2v) is 3.84. The summed E-state index contributed by atoms with van der Waals surface area (Å²) in [5.41, 5.74) is 11.0. The second kappa shape index (κ2) is 5.24. The Balaban J connectivity index is 2.40. The zero-order chi connectivity index (χ0) is 14.7. The lowest BCUT2D eigenvalue weighted by atomic mass is 10.2. The molecule has 0 saturated heterocycles. The van der Waals surface area contributed by atoms with Crippen LogP contribution in [0.3, 0.4) is 0 Å². The van der Waals surface area contributed by atoms with Gasteiger partial charge in [0.05, 0.1) is 23.5 Å². The fraction of sp³-hybridized carbons (Fsp3) is 0. The first-order valence-electron chi connectivity index (χ1n) is 5.44. The first kappa shape index (κ1) is 13.3. The molecule has 0 saturated carbocycles. The Morgan fingerprint density at radius 2 is 2.15 bits per heavy atom. The van der Waals surface area contributed by atoms with Gasteiger partial charge in [0.1, 0.15) is 5.56 Å². The molecule has 0 aliphatic heterocycles. The molecule has 0 radical (unpaired) electrons. The molecule has 2 aromatic rings. The van der Waals surface area contributed by atoms with E-state index in [2.05, 4.69) is 4.98 Å². The highest BCUT2D eigenvalue weighted by Crippen LogP contribution is 2.27. The van der Waals surface area contributed by atoms with Gasteiger partial charge in [-0.25, -0.2) is 9.37 Å². The van der Waals surface area contributed by atoms with Gasteiger partial charge in [-0.05, 0) is 24.3 Å². The number of nitrogen functional groups attached to an aromatic ring is 1. The number of hydrogen-bond donors (Lipinski definition) is 2. The Bertz CT molecular complexity index is 725. The van der Waals surface area contributed by atoms with E-state index in [-0.39, 0.29) is 28.4 Å². The summed E-state index contributed by atoms with van der Waals surface area (Å²) in [7, 11) is 0. The molecule has 100 valence electrons. The maximum atomic E-state index is 13.7. The Kier molecular flexibility index (Phi) is 3.48. The van der Waals surface area contributed by atoms with Crippen molar-refractivity contribution in [3.05, 3.63) is 47.4 Å². The average Bonchev–Trinajstić information content (AvgIpc) is 2.42. The minimum Gasteiger partial charge on any atom is -0.435 e. The second-order valence-electron chi connectivity index (χ2n) is 3.84. The van der Waals surface area contributed by atoms with E-state index >= 15 is 0 Å². The fourth-order valence-corrected chi connectivity index (χ4v) is 1.48. The minimum atomic E-state index is -0.797. The van der Waals surface area contributed by atoms with Crippen molar-refractivity contribution >= 4 is 11.6 Å². The van der Waals surface area contributed by atoms with Crippen LogP contribution in [0.5, 0.6) is 11.6 Å². The first-order chi connectivity index (χ1) is 9.51. The highest BCUT2D eigenvalue weighted by molar-refractivity contribution is 5.95. The number of nitriles is 1. The quantitative estimate of drug-likeness (QED) is 0.879. The maximum Gasteiger partial charge on any atom is 0.254 e. The Hall–Kier alpha value is -3.14. The van der Waals surface area contributed by atoms with Crippen molar-refractivity contribution in [3.63, 3.8) is 0 Å². The Morgan fingerprint density at radius 1 is 1.40 bits per heavy atom.